The molecule has 0 heterocycles. The van der Waals surface area contributed by atoms with E-state index in [2.05, 4.69) is 5.32 Å². The molecule has 1 rings (SSSR count). The maximum absolute atomic E-state index is 12.8. The van der Waals surface area contributed by atoms with Crippen molar-refractivity contribution in [2.24, 2.45) is 0 Å². The molecule has 0 radical (unpaired) electrons. The number of alkyl carbamates (subject to hydrolysis) is 1. The standard InChI is InChI=1S/C15H19FN2O2/c1-15(2,3)20-14(19)18-13(10-17)9-6-11-4-7-12(16)8-5-11/h4-5,7-8,13H,6,9H2,1-3H3,(H,18,19). The molecular formula is C15H19FN2O2. The zero-order valence-corrected chi connectivity index (χ0v) is 11.9. The van der Waals surface area contributed by atoms with E-state index >= 15 is 0 Å². The number of aryl methyl sites for hydroxylation is 1. The van der Waals surface area contributed by atoms with Crippen molar-refractivity contribution in [2.75, 3.05) is 0 Å². The molecule has 0 aliphatic carbocycles. The van der Waals surface area contributed by atoms with Crippen molar-refractivity contribution >= 4 is 6.09 Å². The van der Waals surface area contributed by atoms with Crippen LogP contribution in [0.5, 0.6) is 0 Å². The molecule has 1 N–H and O–H groups in total. The van der Waals surface area contributed by atoms with Crippen LogP contribution in [0.2, 0.25) is 0 Å². The molecule has 0 saturated heterocycles. The highest BCUT2D eigenvalue weighted by molar-refractivity contribution is 5.68. The normalized spacial score (nSPS) is 12.3. The zero-order chi connectivity index (χ0) is 15.2. The minimum atomic E-state index is -0.630. The van der Waals surface area contributed by atoms with Gasteiger partial charge in [0.1, 0.15) is 17.5 Å². The lowest BCUT2D eigenvalue weighted by molar-refractivity contribution is 0.0514. The number of hydrogen-bond donors (Lipinski definition) is 1. The third-order valence-electron chi connectivity index (χ3n) is 2.48. The Hall–Kier alpha value is -2.09. The Morgan fingerprint density at radius 2 is 2.00 bits per heavy atom. The number of carbonyl (C=O) groups is 1. The maximum Gasteiger partial charge on any atom is 0.408 e. The summed E-state index contributed by atoms with van der Waals surface area (Å²) >= 11 is 0. The first-order chi connectivity index (χ1) is 9.30. The molecule has 5 heteroatoms. The Balaban J connectivity index is 2.46. The van der Waals surface area contributed by atoms with Gasteiger partial charge in [-0.05, 0) is 51.3 Å². The number of amides is 1. The van der Waals surface area contributed by atoms with Gasteiger partial charge in [-0.2, -0.15) is 5.26 Å². The number of nitrogens with one attached hydrogen (secondary N) is 1. The topological polar surface area (TPSA) is 62.1 Å². The van der Waals surface area contributed by atoms with Crippen molar-refractivity contribution in [3.8, 4) is 6.07 Å². The molecular weight excluding hydrogens is 259 g/mol. The van der Waals surface area contributed by atoms with Crippen molar-refractivity contribution in [3.05, 3.63) is 35.6 Å². The fraction of sp³-hybridized carbons (Fsp3) is 0.467. The van der Waals surface area contributed by atoms with Crippen LogP contribution in [0.25, 0.3) is 0 Å². The van der Waals surface area contributed by atoms with Gasteiger partial charge in [-0.1, -0.05) is 12.1 Å². The van der Waals surface area contributed by atoms with Crippen molar-refractivity contribution in [1.29, 1.82) is 5.26 Å². The molecule has 0 aliphatic rings. The fourth-order valence-corrected chi connectivity index (χ4v) is 1.58. The first kappa shape index (κ1) is 16.0. The quantitative estimate of drug-likeness (QED) is 0.920. The number of ether oxygens (including phenoxy) is 1. The molecule has 20 heavy (non-hydrogen) atoms. The van der Waals surface area contributed by atoms with Gasteiger partial charge in [0.05, 0.1) is 6.07 Å². The summed E-state index contributed by atoms with van der Waals surface area (Å²) in [4.78, 5) is 11.5. The number of benzene rings is 1. The zero-order valence-electron chi connectivity index (χ0n) is 11.9. The van der Waals surface area contributed by atoms with E-state index in [1.165, 1.54) is 12.1 Å². The van der Waals surface area contributed by atoms with Gasteiger partial charge in [-0.3, -0.25) is 0 Å². The lowest BCUT2D eigenvalue weighted by atomic mass is 10.1. The molecule has 1 aromatic carbocycles. The number of carbonyl (C=O) groups excluding carboxylic acids is 1. The second-order valence-corrected chi connectivity index (χ2v) is 5.49. The third kappa shape index (κ3) is 6.19. The Kier molecular flexibility index (Phi) is 5.51. The minimum absolute atomic E-state index is 0.294. The van der Waals surface area contributed by atoms with Gasteiger partial charge in [0, 0.05) is 0 Å². The predicted molar refractivity (Wildman–Crippen MR) is 73.5 cm³/mol. The van der Waals surface area contributed by atoms with Gasteiger partial charge in [-0.25, -0.2) is 9.18 Å². The average Bonchev–Trinajstić information content (AvgIpc) is 2.34. The van der Waals surface area contributed by atoms with Crippen LogP contribution in [-0.2, 0) is 11.2 Å². The molecule has 108 valence electrons. The molecule has 0 bridgehead atoms. The minimum Gasteiger partial charge on any atom is -0.444 e. The molecule has 0 spiro atoms. The van der Waals surface area contributed by atoms with Gasteiger partial charge in [0.25, 0.3) is 0 Å². The van der Waals surface area contributed by atoms with E-state index in [-0.39, 0.29) is 5.82 Å². The Labute approximate surface area is 118 Å². The van der Waals surface area contributed by atoms with Crippen molar-refractivity contribution in [3.63, 3.8) is 0 Å². The van der Waals surface area contributed by atoms with Crippen LogP contribution in [0.4, 0.5) is 9.18 Å². The second-order valence-electron chi connectivity index (χ2n) is 5.49. The van der Waals surface area contributed by atoms with E-state index < -0.39 is 17.7 Å². The summed E-state index contributed by atoms with van der Waals surface area (Å²) in [6, 6.07) is 7.46. The molecule has 1 unspecified atom stereocenters. The fourth-order valence-electron chi connectivity index (χ4n) is 1.58. The van der Waals surface area contributed by atoms with Crippen LogP contribution < -0.4 is 5.32 Å². The molecule has 0 aromatic heterocycles. The highest BCUT2D eigenvalue weighted by Crippen LogP contribution is 2.09. The summed E-state index contributed by atoms with van der Waals surface area (Å²) in [5, 5.41) is 11.5. The summed E-state index contributed by atoms with van der Waals surface area (Å²) in [5.41, 5.74) is 0.318. The number of hydrogen-bond acceptors (Lipinski definition) is 3. The number of nitrogens with zero attached hydrogens (tertiary/aromatic N) is 1. The summed E-state index contributed by atoms with van der Waals surface area (Å²) in [5.74, 6) is -0.294. The highest BCUT2D eigenvalue weighted by atomic mass is 19.1. The lowest BCUT2D eigenvalue weighted by Crippen LogP contribution is -2.38. The summed E-state index contributed by atoms with van der Waals surface area (Å²) < 4.78 is 17.8. The largest absolute Gasteiger partial charge is 0.444 e. The second kappa shape index (κ2) is 6.90. The van der Waals surface area contributed by atoms with E-state index in [0.717, 1.165) is 5.56 Å². The molecule has 0 saturated carbocycles. The van der Waals surface area contributed by atoms with Gasteiger partial charge in [-0.15, -0.1) is 0 Å². The number of nitriles is 1. The van der Waals surface area contributed by atoms with Crippen molar-refractivity contribution in [2.45, 2.75) is 45.3 Å². The molecule has 0 aliphatic heterocycles. The first-order valence-corrected chi connectivity index (χ1v) is 6.44. The van der Waals surface area contributed by atoms with Crippen molar-refractivity contribution in [1.82, 2.24) is 5.32 Å². The number of rotatable bonds is 4. The van der Waals surface area contributed by atoms with Crippen molar-refractivity contribution < 1.29 is 13.9 Å². The van der Waals surface area contributed by atoms with E-state index in [1.54, 1.807) is 32.9 Å². The van der Waals surface area contributed by atoms with E-state index in [0.29, 0.717) is 12.8 Å². The third-order valence-corrected chi connectivity index (χ3v) is 2.48. The van der Waals surface area contributed by atoms with Gasteiger partial charge >= 0.3 is 6.09 Å². The molecule has 4 nitrogen and oxygen atoms in total. The van der Waals surface area contributed by atoms with Crippen LogP contribution in [0.15, 0.2) is 24.3 Å². The Morgan fingerprint density at radius 3 is 2.50 bits per heavy atom. The van der Waals surface area contributed by atoms with Crippen LogP contribution in [0.1, 0.15) is 32.8 Å². The molecule has 0 fully saturated rings. The van der Waals surface area contributed by atoms with Crippen LogP contribution in [-0.4, -0.2) is 17.7 Å². The van der Waals surface area contributed by atoms with E-state index in [1.807, 2.05) is 6.07 Å². The van der Waals surface area contributed by atoms with Gasteiger partial charge in [0.15, 0.2) is 0 Å². The lowest BCUT2D eigenvalue weighted by Gasteiger charge is -2.21. The maximum atomic E-state index is 12.8. The SMILES string of the molecule is CC(C)(C)OC(=O)NC(C#N)CCc1ccc(F)cc1. The van der Waals surface area contributed by atoms with Gasteiger partial charge < -0.3 is 10.1 Å². The highest BCUT2D eigenvalue weighted by Gasteiger charge is 2.19. The number of halogens is 1. The van der Waals surface area contributed by atoms with Crippen LogP contribution in [0, 0.1) is 17.1 Å². The summed E-state index contributed by atoms with van der Waals surface area (Å²) in [6.07, 6.45) is 0.415. The Morgan fingerprint density at radius 1 is 1.40 bits per heavy atom. The van der Waals surface area contributed by atoms with Gasteiger partial charge in [0.2, 0.25) is 0 Å². The summed E-state index contributed by atoms with van der Waals surface area (Å²) in [7, 11) is 0. The average molecular weight is 278 g/mol. The predicted octanol–water partition coefficient (Wildman–Crippen LogP) is 3.18. The van der Waals surface area contributed by atoms with Crippen LogP contribution in [0.3, 0.4) is 0 Å². The molecule has 1 aromatic rings. The van der Waals surface area contributed by atoms with E-state index in [4.69, 9.17) is 10.00 Å². The van der Waals surface area contributed by atoms with Crippen LogP contribution >= 0.6 is 0 Å². The smallest absolute Gasteiger partial charge is 0.408 e. The van der Waals surface area contributed by atoms with E-state index in [9.17, 15) is 9.18 Å². The summed E-state index contributed by atoms with van der Waals surface area (Å²) in [6.45, 7) is 5.27. The molecule has 1 atom stereocenters. The Bertz CT molecular complexity index is 486. The first-order valence-electron chi connectivity index (χ1n) is 6.44. The molecule has 1 amide bonds. The monoisotopic (exact) mass is 278 g/mol.